The molecule has 0 saturated carbocycles. The first-order valence-electron chi connectivity index (χ1n) is 8.92. The molecule has 0 radical (unpaired) electrons. The lowest BCUT2D eigenvalue weighted by Crippen LogP contribution is -2.52. The van der Waals surface area contributed by atoms with E-state index in [9.17, 15) is 9.59 Å². The molecular formula is C21H26ClN3O2. The number of benzene rings is 2. The van der Waals surface area contributed by atoms with Crippen molar-refractivity contribution < 1.29 is 9.59 Å². The van der Waals surface area contributed by atoms with E-state index in [1.54, 1.807) is 6.92 Å². The molecule has 2 amide bonds. The van der Waals surface area contributed by atoms with Crippen LogP contribution in [-0.2, 0) is 22.6 Å². The van der Waals surface area contributed by atoms with Crippen LogP contribution in [0.15, 0.2) is 42.5 Å². The van der Waals surface area contributed by atoms with Crippen molar-refractivity contribution in [2.45, 2.75) is 45.8 Å². The van der Waals surface area contributed by atoms with Gasteiger partial charge in [-0.25, -0.2) is 0 Å². The number of nitrogens with one attached hydrogen (secondary N) is 3. The van der Waals surface area contributed by atoms with E-state index in [1.807, 2.05) is 50.2 Å². The number of carbonyl (C=O) groups is 2. The highest BCUT2D eigenvalue weighted by Gasteiger charge is 2.26. The Balaban J connectivity index is 0.00000261. The molecule has 2 atom stereocenters. The van der Waals surface area contributed by atoms with Crippen LogP contribution in [0.5, 0.6) is 0 Å². The van der Waals surface area contributed by atoms with E-state index in [-0.39, 0.29) is 30.3 Å². The molecule has 0 saturated heterocycles. The van der Waals surface area contributed by atoms with Crippen LogP contribution in [0.25, 0.3) is 0 Å². The molecule has 0 aromatic heterocycles. The van der Waals surface area contributed by atoms with Crippen LogP contribution in [0, 0.1) is 13.8 Å². The molecule has 1 aliphatic rings. The van der Waals surface area contributed by atoms with Crippen molar-refractivity contribution >= 4 is 29.9 Å². The molecule has 0 spiro atoms. The molecule has 1 heterocycles. The molecule has 5 nitrogen and oxygen atoms in total. The van der Waals surface area contributed by atoms with Crippen LogP contribution in [-0.4, -0.2) is 23.9 Å². The molecule has 2 unspecified atom stereocenters. The summed E-state index contributed by atoms with van der Waals surface area (Å²) in [5.74, 6) is -0.375. The fourth-order valence-electron chi connectivity index (χ4n) is 3.09. The van der Waals surface area contributed by atoms with Crippen molar-refractivity contribution in [2.75, 3.05) is 5.32 Å². The fourth-order valence-corrected chi connectivity index (χ4v) is 3.09. The number of halogens is 1. The van der Waals surface area contributed by atoms with Crippen LogP contribution >= 0.6 is 12.4 Å². The Hall–Kier alpha value is -2.37. The average molecular weight is 388 g/mol. The highest BCUT2D eigenvalue weighted by molar-refractivity contribution is 5.97. The number of rotatable bonds is 4. The van der Waals surface area contributed by atoms with E-state index in [4.69, 9.17) is 0 Å². The Labute approximate surface area is 166 Å². The number of hydrogen-bond donors (Lipinski definition) is 3. The molecule has 2 aromatic carbocycles. The quantitative estimate of drug-likeness (QED) is 0.755. The Bertz CT molecular complexity index is 838. The zero-order chi connectivity index (χ0) is 18.7. The summed E-state index contributed by atoms with van der Waals surface area (Å²) in [6.07, 6.45) is 0.632. The van der Waals surface area contributed by atoms with Crippen molar-refractivity contribution in [3.05, 3.63) is 64.7 Å². The van der Waals surface area contributed by atoms with Gasteiger partial charge in [-0.05, 0) is 61.6 Å². The molecule has 2 aromatic rings. The van der Waals surface area contributed by atoms with Crippen molar-refractivity contribution in [2.24, 2.45) is 0 Å². The number of amides is 2. The van der Waals surface area contributed by atoms with E-state index in [0.29, 0.717) is 13.0 Å². The number of hydrogen-bond acceptors (Lipinski definition) is 3. The first-order valence-corrected chi connectivity index (χ1v) is 8.92. The Morgan fingerprint density at radius 2 is 1.78 bits per heavy atom. The molecule has 1 aliphatic heterocycles. The minimum absolute atomic E-state index is 0. The van der Waals surface area contributed by atoms with Gasteiger partial charge in [0.2, 0.25) is 11.8 Å². The fraction of sp³-hybridized carbons (Fsp3) is 0.333. The Morgan fingerprint density at radius 3 is 2.48 bits per heavy atom. The topological polar surface area (TPSA) is 70.2 Å². The highest BCUT2D eigenvalue weighted by atomic mass is 35.5. The smallest absolute Gasteiger partial charge is 0.246 e. The minimum atomic E-state index is -0.608. The molecule has 3 rings (SSSR count). The number of fused-ring (bicyclic) bond motifs is 1. The third-order valence-electron chi connectivity index (χ3n) is 4.92. The monoisotopic (exact) mass is 387 g/mol. The lowest BCUT2D eigenvalue weighted by atomic mass is 9.95. The first kappa shape index (κ1) is 20.9. The van der Waals surface area contributed by atoms with E-state index in [2.05, 4.69) is 22.0 Å². The average Bonchev–Trinajstić information content (AvgIpc) is 2.64. The van der Waals surface area contributed by atoms with Crippen LogP contribution < -0.4 is 16.0 Å². The van der Waals surface area contributed by atoms with Gasteiger partial charge in [0.25, 0.3) is 0 Å². The highest BCUT2D eigenvalue weighted by Crippen LogP contribution is 2.17. The van der Waals surface area contributed by atoms with Gasteiger partial charge in [-0.2, -0.15) is 0 Å². The second kappa shape index (κ2) is 9.02. The van der Waals surface area contributed by atoms with E-state index in [0.717, 1.165) is 11.3 Å². The summed E-state index contributed by atoms with van der Waals surface area (Å²) in [4.78, 5) is 24.9. The van der Waals surface area contributed by atoms with Crippen LogP contribution in [0.2, 0.25) is 0 Å². The summed E-state index contributed by atoms with van der Waals surface area (Å²) in [6, 6.07) is 12.9. The summed E-state index contributed by atoms with van der Waals surface area (Å²) < 4.78 is 0. The SMILES string of the molecule is Cc1ccc(NC(=O)C(C)NC(=O)C2Cc3ccccc3CN2)cc1C.Cl. The summed E-state index contributed by atoms with van der Waals surface area (Å²) in [7, 11) is 0. The van der Waals surface area contributed by atoms with Gasteiger partial charge in [0.05, 0.1) is 6.04 Å². The first-order chi connectivity index (χ1) is 12.4. The molecule has 0 fully saturated rings. The molecule has 144 valence electrons. The second-order valence-corrected chi connectivity index (χ2v) is 6.92. The summed E-state index contributed by atoms with van der Waals surface area (Å²) in [5.41, 5.74) is 5.43. The lowest BCUT2D eigenvalue weighted by molar-refractivity contribution is -0.127. The molecule has 0 aliphatic carbocycles. The van der Waals surface area contributed by atoms with Crippen LogP contribution in [0.4, 0.5) is 5.69 Å². The maximum Gasteiger partial charge on any atom is 0.246 e. The number of aryl methyl sites for hydroxylation is 2. The summed E-state index contributed by atoms with van der Waals surface area (Å²) in [6.45, 7) is 6.39. The maximum atomic E-state index is 12.5. The molecule has 3 N–H and O–H groups in total. The van der Waals surface area contributed by atoms with E-state index in [1.165, 1.54) is 16.7 Å². The van der Waals surface area contributed by atoms with E-state index < -0.39 is 6.04 Å². The predicted molar refractivity (Wildman–Crippen MR) is 110 cm³/mol. The predicted octanol–water partition coefficient (Wildman–Crippen LogP) is 2.88. The van der Waals surface area contributed by atoms with Crippen molar-refractivity contribution in [3.8, 4) is 0 Å². The Morgan fingerprint density at radius 1 is 1.07 bits per heavy atom. The normalized spacial score (nSPS) is 16.5. The van der Waals surface area contributed by atoms with Gasteiger partial charge in [0, 0.05) is 12.2 Å². The number of anilines is 1. The molecule has 6 heteroatoms. The third-order valence-corrected chi connectivity index (χ3v) is 4.92. The zero-order valence-corrected chi connectivity index (χ0v) is 16.7. The standard InChI is InChI=1S/C21H25N3O2.ClH/c1-13-8-9-18(10-14(13)2)24-20(25)15(3)23-21(26)19-11-16-6-4-5-7-17(16)12-22-19;/h4-10,15,19,22H,11-12H2,1-3H3,(H,23,26)(H,24,25);1H. The van der Waals surface area contributed by atoms with Crippen molar-refractivity contribution in [1.29, 1.82) is 0 Å². The van der Waals surface area contributed by atoms with Crippen molar-refractivity contribution in [1.82, 2.24) is 10.6 Å². The summed E-state index contributed by atoms with van der Waals surface area (Å²) >= 11 is 0. The maximum absolute atomic E-state index is 12.5. The lowest BCUT2D eigenvalue weighted by Gasteiger charge is -2.26. The van der Waals surface area contributed by atoms with Crippen LogP contribution in [0.1, 0.15) is 29.2 Å². The zero-order valence-electron chi connectivity index (χ0n) is 15.8. The van der Waals surface area contributed by atoms with Crippen molar-refractivity contribution in [3.63, 3.8) is 0 Å². The summed E-state index contributed by atoms with van der Waals surface area (Å²) in [5, 5.41) is 8.91. The van der Waals surface area contributed by atoms with Gasteiger partial charge in [0.1, 0.15) is 6.04 Å². The largest absolute Gasteiger partial charge is 0.343 e. The molecule has 0 bridgehead atoms. The van der Waals surface area contributed by atoms with E-state index >= 15 is 0 Å². The van der Waals surface area contributed by atoms with Gasteiger partial charge in [-0.15, -0.1) is 12.4 Å². The van der Waals surface area contributed by atoms with Gasteiger partial charge >= 0.3 is 0 Å². The molecular weight excluding hydrogens is 362 g/mol. The third kappa shape index (κ3) is 5.08. The van der Waals surface area contributed by atoms with Gasteiger partial charge in [-0.3, -0.25) is 9.59 Å². The Kier molecular flexibility index (Phi) is 6.99. The van der Waals surface area contributed by atoms with Gasteiger partial charge in [-0.1, -0.05) is 30.3 Å². The second-order valence-electron chi connectivity index (χ2n) is 6.92. The number of carbonyl (C=O) groups excluding carboxylic acids is 2. The van der Waals surface area contributed by atoms with Crippen LogP contribution in [0.3, 0.4) is 0 Å². The van der Waals surface area contributed by atoms with Gasteiger partial charge < -0.3 is 16.0 Å². The minimum Gasteiger partial charge on any atom is -0.343 e. The molecule has 27 heavy (non-hydrogen) atoms. The van der Waals surface area contributed by atoms with Gasteiger partial charge in [0.15, 0.2) is 0 Å².